The van der Waals surface area contributed by atoms with Crippen molar-refractivity contribution in [3.05, 3.63) is 11.1 Å². The van der Waals surface area contributed by atoms with Gasteiger partial charge in [0.25, 0.3) is 0 Å². The molecule has 1 aromatic rings. The van der Waals surface area contributed by atoms with Gasteiger partial charge in [-0.05, 0) is 38.5 Å². The second kappa shape index (κ2) is 5.72. The molecule has 1 aliphatic heterocycles. The Kier molecular flexibility index (Phi) is 4.37. The molecule has 112 valence electrons. The van der Waals surface area contributed by atoms with E-state index in [9.17, 15) is 9.90 Å². The van der Waals surface area contributed by atoms with E-state index in [1.165, 1.54) is 12.8 Å². The van der Waals surface area contributed by atoms with Gasteiger partial charge in [0.2, 0.25) is 0 Å². The number of aromatic nitrogens is 1. The van der Waals surface area contributed by atoms with Crippen molar-refractivity contribution in [2.24, 2.45) is 11.8 Å². The topological polar surface area (TPSA) is 53.4 Å². The van der Waals surface area contributed by atoms with Crippen molar-refractivity contribution in [3.63, 3.8) is 0 Å². The van der Waals surface area contributed by atoms with Crippen LogP contribution in [-0.2, 0) is 10.2 Å². The molecule has 1 aromatic heterocycles. The minimum absolute atomic E-state index is 0.663. The van der Waals surface area contributed by atoms with E-state index in [1.54, 1.807) is 25.2 Å². The summed E-state index contributed by atoms with van der Waals surface area (Å²) in [6.07, 6.45) is 2.41. The third-order valence-electron chi connectivity index (χ3n) is 4.42. The molecular formula is C15H24N2O2S. The van der Waals surface area contributed by atoms with Crippen LogP contribution in [0.25, 0.3) is 0 Å². The molecule has 0 unspecified atom stereocenters. The number of hydrogen-bond acceptors (Lipinski definition) is 4. The first-order chi connectivity index (χ1) is 9.32. The van der Waals surface area contributed by atoms with Gasteiger partial charge < -0.3 is 10.0 Å². The van der Waals surface area contributed by atoms with E-state index in [0.717, 1.165) is 30.1 Å². The maximum Gasteiger partial charge on any atom is 0.315 e. The summed E-state index contributed by atoms with van der Waals surface area (Å²) in [5, 5.41) is 12.1. The number of rotatable bonds is 4. The largest absolute Gasteiger partial charge is 0.481 e. The van der Waals surface area contributed by atoms with Crippen molar-refractivity contribution in [1.82, 2.24) is 4.98 Å². The lowest BCUT2D eigenvalue weighted by molar-refractivity contribution is -0.142. The zero-order chi connectivity index (χ0) is 14.9. The summed E-state index contributed by atoms with van der Waals surface area (Å²) in [5.41, 5.74) is -0.249. The molecule has 1 N–H and O–H groups in total. The number of carboxylic acid groups (broad SMARTS) is 1. The Morgan fingerprint density at radius 1 is 1.45 bits per heavy atom. The predicted molar refractivity (Wildman–Crippen MR) is 82.6 cm³/mol. The Bertz CT molecular complexity index is 474. The summed E-state index contributed by atoms with van der Waals surface area (Å²) in [5.74, 6) is 0.726. The second-order valence-corrected chi connectivity index (χ2v) is 7.35. The first-order valence-electron chi connectivity index (χ1n) is 7.26. The summed E-state index contributed by atoms with van der Waals surface area (Å²) >= 11 is 1.56. The normalized spacial score (nSPS) is 17.8. The van der Waals surface area contributed by atoms with Gasteiger partial charge in [0.1, 0.15) is 5.41 Å². The van der Waals surface area contributed by atoms with E-state index in [4.69, 9.17) is 0 Å². The van der Waals surface area contributed by atoms with Crippen LogP contribution in [0.2, 0.25) is 0 Å². The molecule has 0 aromatic carbocycles. The third kappa shape index (κ3) is 2.97. The summed E-state index contributed by atoms with van der Waals surface area (Å²) in [4.78, 5) is 18.1. The molecule has 2 rings (SSSR count). The number of nitrogens with zero attached hydrogens (tertiary/aromatic N) is 2. The van der Waals surface area contributed by atoms with Crippen LogP contribution in [-0.4, -0.2) is 29.1 Å². The molecule has 0 radical (unpaired) electrons. The second-order valence-electron chi connectivity index (χ2n) is 6.51. The molecule has 0 bridgehead atoms. The van der Waals surface area contributed by atoms with Crippen LogP contribution in [0.4, 0.5) is 5.13 Å². The average molecular weight is 296 g/mol. The van der Waals surface area contributed by atoms with Crippen LogP contribution in [0.15, 0.2) is 5.38 Å². The van der Waals surface area contributed by atoms with E-state index in [-0.39, 0.29) is 0 Å². The smallest absolute Gasteiger partial charge is 0.315 e. The fraction of sp³-hybridized carbons (Fsp3) is 0.733. The van der Waals surface area contributed by atoms with Crippen LogP contribution in [0.5, 0.6) is 0 Å². The molecule has 5 heteroatoms. The van der Waals surface area contributed by atoms with Gasteiger partial charge in [0.05, 0.1) is 5.69 Å². The number of thiazole rings is 1. The van der Waals surface area contributed by atoms with Crippen LogP contribution >= 0.6 is 11.3 Å². The average Bonchev–Trinajstić information content (AvgIpc) is 2.88. The van der Waals surface area contributed by atoms with Gasteiger partial charge >= 0.3 is 5.97 Å². The van der Waals surface area contributed by atoms with E-state index >= 15 is 0 Å². The Morgan fingerprint density at radius 3 is 2.55 bits per heavy atom. The molecule has 0 saturated carbocycles. The van der Waals surface area contributed by atoms with Gasteiger partial charge in [0.15, 0.2) is 5.13 Å². The monoisotopic (exact) mass is 296 g/mol. The Balaban J connectivity index is 2.06. The van der Waals surface area contributed by atoms with Gasteiger partial charge in [-0.1, -0.05) is 13.8 Å². The van der Waals surface area contributed by atoms with Crippen LogP contribution in [0, 0.1) is 11.8 Å². The maximum atomic E-state index is 11.3. The molecule has 1 aliphatic rings. The molecule has 0 spiro atoms. The van der Waals surface area contributed by atoms with Crippen molar-refractivity contribution in [2.45, 2.75) is 46.0 Å². The van der Waals surface area contributed by atoms with E-state index in [2.05, 4.69) is 23.7 Å². The molecule has 1 saturated heterocycles. The Hall–Kier alpha value is -1.10. The van der Waals surface area contributed by atoms with Gasteiger partial charge in [-0.2, -0.15) is 0 Å². The zero-order valence-corrected chi connectivity index (χ0v) is 13.5. The van der Waals surface area contributed by atoms with E-state index < -0.39 is 11.4 Å². The highest BCUT2D eigenvalue weighted by Crippen LogP contribution is 2.32. The fourth-order valence-electron chi connectivity index (χ4n) is 2.56. The lowest BCUT2D eigenvalue weighted by atomic mass is 9.87. The van der Waals surface area contributed by atoms with Gasteiger partial charge in [-0.25, -0.2) is 4.98 Å². The SMILES string of the molecule is CC(C)C1CCN(c2nc(C(C)(C)C(=O)O)cs2)CC1. The number of carboxylic acids is 1. The fourth-order valence-corrected chi connectivity index (χ4v) is 3.61. The number of aliphatic carboxylic acids is 1. The zero-order valence-electron chi connectivity index (χ0n) is 12.7. The number of anilines is 1. The van der Waals surface area contributed by atoms with Crippen LogP contribution in [0.3, 0.4) is 0 Å². The first kappa shape index (κ1) is 15.3. The summed E-state index contributed by atoms with van der Waals surface area (Å²) in [7, 11) is 0. The lowest BCUT2D eigenvalue weighted by Gasteiger charge is -2.33. The third-order valence-corrected chi connectivity index (χ3v) is 5.32. The highest BCUT2D eigenvalue weighted by atomic mass is 32.1. The number of carbonyl (C=O) groups is 1. The quantitative estimate of drug-likeness (QED) is 0.925. The van der Waals surface area contributed by atoms with Gasteiger partial charge in [-0.3, -0.25) is 4.79 Å². The lowest BCUT2D eigenvalue weighted by Crippen LogP contribution is -2.35. The minimum Gasteiger partial charge on any atom is -0.481 e. The molecule has 20 heavy (non-hydrogen) atoms. The molecule has 0 aliphatic carbocycles. The van der Waals surface area contributed by atoms with Gasteiger partial charge in [-0.15, -0.1) is 11.3 Å². The van der Waals surface area contributed by atoms with E-state index in [0.29, 0.717) is 5.69 Å². The maximum absolute atomic E-state index is 11.3. The molecule has 0 atom stereocenters. The highest BCUT2D eigenvalue weighted by Gasteiger charge is 2.33. The van der Waals surface area contributed by atoms with Crippen molar-refractivity contribution in [3.8, 4) is 0 Å². The molecule has 1 fully saturated rings. The van der Waals surface area contributed by atoms with Crippen molar-refractivity contribution in [1.29, 1.82) is 0 Å². The minimum atomic E-state index is -0.912. The summed E-state index contributed by atoms with van der Waals surface area (Å²) in [6.45, 7) is 10.1. The van der Waals surface area contributed by atoms with Crippen LogP contribution in [0.1, 0.15) is 46.2 Å². The van der Waals surface area contributed by atoms with Crippen molar-refractivity contribution < 1.29 is 9.90 Å². The molecule has 4 nitrogen and oxygen atoms in total. The molecular weight excluding hydrogens is 272 g/mol. The molecule has 2 heterocycles. The summed E-state index contributed by atoms with van der Waals surface area (Å²) in [6, 6.07) is 0. The Morgan fingerprint density at radius 2 is 2.05 bits per heavy atom. The Labute approximate surface area is 124 Å². The highest BCUT2D eigenvalue weighted by molar-refractivity contribution is 7.13. The standard InChI is InChI=1S/C15H24N2O2S/c1-10(2)11-5-7-17(8-6-11)14-16-12(9-20-14)15(3,4)13(18)19/h9-11H,5-8H2,1-4H3,(H,18,19). The van der Waals surface area contributed by atoms with E-state index in [1.807, 2.05) is 5.38 Å². The molecule has 0 amide bonds. The number of hydrogen-bond donors (Lipinski definition) is 1. The summed E-state index contributed by atoms with van der Waals surface area (Å²) < 4.78 is 0. The van der Waals surface area contributed by atoms with Crippen molar-refractivity contribution in [2.75, 3.05) is 18.0 Å². The van der Waals surface area contributed by atoms with Crippen molar-refractivity contribution >= 4 is 22.4 Å². The number of piperidine rings is 1. The predicted octanol–water partition coefficient (Wildman–Crippen LogP) is 3.38. The first-order valence-corrected chi connectivity index (χ1v) is 8.14. The van der Waals surface area contributed by atoms with Crippen LogP contribution < -0.4 is 4.90 Å². The van der Waals surface area contributed by atoms with Gasteiger partial charge in [0, 0.05) is 18.5 Å².